The van der Waals surface area contributed by atoms with E-state index in [0.29, 0.717) is 25.3 Å². The predicted octanol–water partition coefficient (Wildman–Crippen LogP) is 1.18. The summed E-state index contributed by atoms with van der Waals surface area (Å²) in [6, 6.07) is 0. The summed E-state index contributed by atoms with van der Waals surface area (Å²) >= 11 is 0. The zero-order valence-electron chi connectivity index (χ0n) is 10.6. The Kier molecular flexibility index (Phi) is 3.52. The Labute approximate surface area is 102 Å². The number of aliphatic hydroxyl groups excluding tert-OH is 1. The molecule has 1 aliphatic heterocycles. The van der Waals surface area contributed by atoms with Crippen molar-refractivity contribution in [2.24, 2.45) is 17.8 Å². The van der Waals surface area contributed by atoms with Crippen LogP contribution in [0.15, 0.2) is 0 Å². The SMILES string of the molecule is CC(O)CCCN1C(=O)C2CC(C)CC2C1=O. The molecular weight excluding hydrogens is 218 g/mol. The average molecular weight is 239 g/mol. The fourth-order valence-electron chi connectivity index (χ4n) is 3.11. The number of fused-ring (bicyclic) bond motifs is 1. The van der Waals surface area contributed by atoms with E-state index in [2.05, 4.69) is 6.92 Å². The van der Waals surface area contributed by atoms with Gasteiger partial charge in [-0.25, -0.2) is 0 Å². The van der Waals surface area contributed by atoms with Gasteiger partial charge >= 0.3 is 0 Å². The maximum atomic E-state index is 12.1. The Morgan fingerprint density at radius 3 is 2.29 bits per heavy atom. The van der Waals surface area contributed by atoms with Crippen molar-refractivity contribution >= 4 is 11.8 Å². The Balaban J connectivity index is 1.93. The van der Waals surface area contributed by atoms with Crippen molar-refractivity contribution in [1.82, 2.24) is 4.90 Å². The van der Waals surface area contributed by atoms with Crippen molar-refractivity contribution in [2.75, 3.05) is 6.54 Å². The molecule has 2 aliphatic rings. The number of nitrogens with zero attached hydrogens (tertiary/aromatic N) is 1. The molecule has 4 heteroatoms. The molecule has 4 nitrogen and oxygen atoms in total. The second-order valence-electron chi connectivity index (χ2n) is 5.61. The van der Waals surface area contributed by atoms with Crippen LogP contribution in [0.3, 0.4) is 0 Å². The van der Waals surface area contributed by atoms with Gasteiger partial charge in [0.15, 0.2) is 0 Å². The second-order valence-corrected chi connectivity index (χ2v) is 5.61. The summed E-state index contributed by atoms with van der Waals surface area (Å²) in [4.78, 5) is 25.5. The number of rotatable bonds is 4. The highest BCUT2D eigenvalue weighted by molar-refractivity contribution is 6.05. The largest absolute Gasteiger partial charge is 0.393 e. The van der Waals surface area contributed by atoms with Crippen LogP contribution in [0.2, 0.25) is 0 Å². The smallest absolute Gasteiger partial charge is 0.233 e. The van der Waals surface area contributed by atoms with Gasteiger partial charge < -0.3 is 5.11 Å². The molecule has 3 atom stereocenters. The number of amides is 2. The number of carbonyl (C=O) groups is 2. The van der Waals surface area contributed by atoms with Crippen LogP contribution in [-0.4, -0.2) is 34.5 Å². The van der Waals surface area contributed by atoms with E-state index in [1.165, 1.54) is 4.90 Å². The van der Waals surface area contributed by atoms with Gasteiger partial charge in [-0.2, -0.15) is 0 Å². The van der Waals surface area contributed by atoms with E-state index in [9.17, 15) is 9.59 Å². The summed E-state index contributed by atoms with van der Waals surface area (Å²) in [6.45, 7) is 4.31. The van der Waals surface area contributed by atoms with Crippen molar-refractivity contribution in [3.8, 4) is 0 Å². The third-order valence-corrected chi connectivity index (χ3v) is 3.97. The molecule has 1 N–H and O–H groups in total. The highest BCUT2D eigenvalue weighted by atomic mass is 16.3. The summed E-state index contributed by atoms with van der Waals surface area (Å²) in [5.74, 6) is 0.440. The van der Waals surface area contributed by atoms with Crippen LogP contribution in [0.25, 0.3) is 0 Å². The van der Waals surface area contributed by atoms with Gasteiger partial charge in [0.25, 0.3) is 0 Å². The lowest BCUT2D eigenvalue weighted by Crippen LogP contribution is -2.33. The van der Waals surface area contributed by atoms with Crippen LogP contribution in [0.1, 0.15) is 39.5 Å². The van der Waals surface area contributed by atoms with E-state index in [1.807, 2.05) is 0 Å². The minimum Gasteiger partial charge on any atom is -0.393 e. The Bertz CT molecular complexity index is 303. The molecule has 17 heavy (non-hydrogen) atoms. The van der Waals surface area contributed by atoms with Gasteiger partial charge in [0.1, 0.15) is 0 Å². The number of imide groups is 1. The van der Waals surface area contributed by atoms with E-state index in [0.717, 1.165) is 12.8 Å². The van der Waals surface area contributed by atoms with E-state index in [4.69, 9.17) is 5.11 Å². The average Bonchev–Trinajstić information content (AvgIpc) is 2.72. The summed E-state index contributed by atoms with van der Waals surface area (Å²) in [5.41, 5.74) is 0. The van der Waals surface area contributed by atoms with Gasteiger partial charge in [0, 0.05) is 6.54 Å². The second kappa shape index (κ2) is 4.77. The standard InChI is InChI=1S/C13H21NO3/c1-8-6-10-11(7-8)13(17)14(12(10)16)5-3-4-9(2)15/h8-11,15H,3-7H2,1-2H3. The molecule has 1 aliphatic carbocycles. The maximum Gasteiger partial charge on any atom is 0.233 e. The molecule has 1 heterocycles. The van der Waals surface area contributed by atoms with Gasteiger partial charge in [-0.1, -0.05) is 6.92 Å². The van der Waals surface area contributed by atoms with Crippen LogP contribution in [-0.2, 0) is 9.59 Å². The van der Waals surface area contributed by atoms with Crippen LogP contribution in [0.5, 0.6) is 0 Å². The fourth-order valence-corrected chi connectivity index (χ4v) is 3.11. The van der Waals surface area contributed by atoms with Gasteiger partial charge in [-0.3, -0.25) is 14.5 Å². The van der Waals surface area contributed by atoms with Crippen LogP contribution in [0, 0.1) is 17.8 Å². The van der Waals surface area contributed by atoms with E-state index < -0.39 is 0 Å². The lowest BCUT2D eigenvalue weighted by molar-refractivity contribution is -0.140. The Hall–Kier alpha value is -0.900. The minimum absolute atomic E-state index is 0.0231. The van der Waals surface area contributed by atoms with Crippen molar-refractivity contribution in [3.63, 3.8) is 0 Å². The maximum absolute atomic E-state index is 12.1. The molecule has 2 rings (SSSR count). The molecule has 0 aromatic rings. The zero-order valence-corrected chi connectivity index (χ0v) is 10.6. The number of carbonyl (C=O) groups excluding carboxylic acids is 2. The Morgan fingerprint density at radius 2 is 1.82 bits per heavy atom. The number of hydrogen-bond acceptors (Lipinski definition) is 3. The first kappa shape index (κ1) is 12.6. The lowest BCUT2D eigenvalue weighted by atomic mass is 10.00. The van der Waals surface area contributed by atoms with E-state index >= 15 is 0 Å². The summed E-state index contributed by atoms with van der Waals surface area (Å²) in [6.07, 6.45) is 2.71. The summed E-state index contributed by atoms with van der Waals surface area (Å²) in [5, 5.41) is 9.17. The molecule has 96 valence electrons. The highest BCUT2D eigenvalue weighted by Crippen LogP contribution is 2.42. The monoisotopic (exact) mass is 239 g/mol. The molecule has 2 fully saturated rings. The third kappa shape index (κ3) is 2.37. The van der Waals surface area contributed by atoms with Gasteiger partial charge in [-0.05, 0) is 38.5 Å². The molecule has 1 saturated heterocycles. The highest BCUT2D eigenvalue weighted by Gasteiger charge is 2.51. The lowest BCUT2D eigenvalue weighted by Gasteiger charge is -2.17. The molecule has 0 radical (unpaired) electrons. The Morgan fingerprint density at radius 1 is 1.29 bits per heavy atom. The van der Waals surface area contributed by atoms with Crippen molar-refractivity contribution in [3.05, 3.63) is 0 Å². The molecule has 2 amide bonds. The molecule has 1 saturated carbocycles. The van der Waals surface area contributed by atoms with Gasteiger partial charge in [0.05, 0.1) is 17.9 Å². The first-order chi connectivity index (χ1) is 8.00. The quantitative estimate of drug-likeness (QED) is 0.749. The topological polar surface area (TPSA) is 57.6 Å². The third-order valence-electron chi connectivity index (χ3n) is 3.97. The van der Waals surface area contributed by atoms with Crippen LogP contribution >= 0.6 is 0 Å². The fraction of sp³-hybridized carbons (Fsp3) is 0.846. The number of likely N-dealkylation sites (tertiary alicyclic amines) is 1. The van der Waals surface area contributed by atoms with Crippen LogP contribution < -0.4 is 0 Å². The predicted molar refractivity (Wildman–Crippen MR) is 63.0 cm³/mol. The number of hydrogen-bond donors (Lipinski definition) is 1. The van der Waals surface area contributed by atoms with Crippen molar-refractivity contribution in [1.29, 1.82) is 0 Å². The summed E-state index contributed by atoms with van der Waals surface area (Å²) < 4.78 is 0. The number of aliphatic hydroxyl groups is 1. The minimum atomic E-state index is -0.359. The molecule has 0 aromatic heterocycles. The zero-order chi connectivity index (χ0) is 12.6. The van der Waals surface area contributed by atoms with E-state index in [1.54, 1.807) is 6.92 Å². The first-order valence-electron chi connectivity index (χ1n) is 6.54. The molecule has 0 bridgehead atoms. The van der Waals surface area contributed by atoms with E-state index in [-0.39, 0.29) is 29.8 Å². The molecule has 0 aromatic carbocycles. The molecule has 3 unspecified atom stereocenters. The molecule has 0 spiro atoms. The first-order valence-corrected chi connectivity index (χ1v) is 6.54. The van der Waals surface area contributed by atoms with Gasteiger partial charge in [-0.15, -0.1) is 0 Å². The van der Waals surface area contributed by atoms with Gasteiger partial charge in [0.2, 0.25) is 11.8 Å². The normalized spacial score (nSPS) is 34.3. The summed E-state index contributed by atoms with van der Waals surface area (Å²) in [7, 11) is 0. The van der Waals surface area contributed by atoms with Crippen LogP contribution in [0.4, 0.5) is 0 Å². The molecular formula is C13H21NO3. The van der Waals surface area contributed by atoms with Crippen molar-refractivity contribution in [2.45, 2.75) is 45.6 Å². The van der Waals surface area contributed by atoms with Crippen molar-refractivity contribution < 1.29 is 14.7 Å².